The molecule has 3 aromatic rings. The van der Waals surface area contributed by atoms with E-state index in [1.54, 1.807) is 6.92 Å². The Kier molecular flexibility index (Phi) is 3.21. The van der Waals surface area contributed by atoms with E-state index in [1.807, 2.05) is 30.3 Å². The topological polar surface area (TPSA) is 116 Å². The van der Waals surface area contributed by atoms with Crippen molar-refractivity contribution < 1.29 is 8.42 Å². The van der Waals surface area contributed by atoms with Crippen molar-refractivity contribution >= 4 is 38.4 Å². The molecule has 8 nitrogen and oxygen atoms in total. The molecule has 3 rings (SSSR count). The van der Waals surface area contributed by atoms with Crippen molar-refractivity contribution in [2.45, 2.75) is 6.92 Å². The molecular weight excluding hydrogens is 304 g/mol. The summed E-state index contributed by atoms with van der Waals surface area (Å²) in [7, 11) is -3.61. The number of fused-ring (bicyclic) bond motifs is 1. The maximum absolute atomic E-state index is 11.9. The van der Waals surface area contributed by atoms with Crippen LogP contribution in [0.4, 0.5) is 17.3 Å². The second kappa shape index (κ2) is 4.95. The molecule has 114 valence electrons. The Labute approximate surface area is 127 Å². The van der Waals surface area contributed by atoms with Crippen LogP contribution >= 0.6 is 0 Å². The molecule has 22 heavy (non-hydrogen) atoms. The molecule has 0 radical (unpaired) electrons. The SMILES string of the molecule is Cc1nc(N)c2c(Nc3ccccc3)nn(S(C)(=O)=O)c2n1. The highest BCUT2D eigenvalue weighted by Gasteiger charge is 2.21. The summed E-state index contributed by atoms with van der Waals surface area (Å²) in [6.45, 7) is 1.64. The fourth-order valence-corrected chi connectivity index (χ4v) is 2.79. The summed E-state index contributed by atoms with van der Waals surface area (Å²) in [6.07, 6.45) is 1.05. The molecule has 0 fully saturated rings. The number of nitrogens with zero attached hydrogens (tertiary/aromatic N) is 4. The monoisotopic (exact) mass is 318 g/mol. The van der Waals surface area contributed by atoms with Gasteiger partial charge in [-0.25, -0.2) is 18.4 Å². The van der Waals surface area contributed by atoms with E-state index in [9.17, 15) is 8.42 Å². The lowest BCUT2D eigenvalue weighted by molar-refractivity contribution is 0.588. The summed E-state index contributed by atoms with van der Waals surface area (Å²) >= 11 is 0. The number of rotatable bonds is 3. The van der Waals surface area contributed by atoms with E-state index in [1.165, 1.54) is 0 Å². The molecule has 0 saturated heterocycles. The zero-order valence-corrected chi connectivity index (χ0v) is 12.8. The fraction of sp³-hybridized carbons (Fsp3) is 0.154. The number of anilines is 3. The molecule has 0 unspecified atom stereocenters. The van der Waals surface area contributed by atoms with Gasteiger partial charge in [-0.05, 0) is 19.1 Å². The van der Waals surface area contributed by atoms with E-state index in [-0.39, 0.29) is 11.5 Å². The van der Waals surface area contributed by atoms with Crippen molar-refractivity contribution in [3.05, 3.63) is 36.2 Å². The molecule has 0 saturated carbocycles. The third-order valence-corrected chi connectivity index (χ3v) is 3.87. The minimum atomic E-state index is -3.61. The van der Waals surface area contributed by atoms with Gasteiger partial charge in [0, 0.05) is 5.69 Å². The van der Waals surface area contributed by atoms with Crippen LogP contribution in [0.5, 0.6) is 0 Å². The van der Waals surface area contributed by atoms with Gasteiger partial charge in [0.2, 0.25) is 0 Å². The van der Waals surface area contributed by atoms with Crippen LogP contribution < -0.4 is 11.1 Å². The zero-order chi connectivity index (χ0) is 15.9. The second-order valence-corrected chi connectivity index (χ2v) is 6.61. The molecule has 0 spiro atoms. The first-order valence-electron chi connectivity index (χ1n) is 6.42. The average Bonchev–Trinajstić information content (AvgIpc) is 2.78. The number of hydrogen-bond acceptors (Lipinski definition) is 7. The molecule has 2 heterocycles. The Hall–Kier alpha value is -2.68. The summed E-state index contributed by atoms with van der Waals surface area (Å²) in [5.74, 6) is 0.848. The number of aryl methyl sites for hydroxylation is 1. The maximum Gasteiger partial charge on any atom is 0.252 e. The lowest BCUT2D eigenvalue weighted by Gasteiger charge is -2.03. The van der Waals surface area contributed by atoms with Gasteiger partial charge in [-0.15, -0.1) is 9.19 Å². The van der Waals surface area contributed by atoms with Gasteiger partial charge in [-0.2, -0.15) is 0 Å². The van der Waals surface area contributed by atoms with Gasteiger partial charge >= 0.3 is 0 Å². The summed E-state index contributed by atoms with van der Waals surface area (Å²) in [5, 5.41) is 7.51. The largest absolute Gasteiger partial charge is 0.383 e. The van der Waals surface area contributed by atoms with E-state index >= 15 is 0 Å². The van der Waals surface area contributed by atoms with Gasteiger partial charge < -0.3 is 11.1 Å². The van der Waals surface area contributed by atoms with E-state index in [2.05, 4.69) is 20.4 Å². The van der Waals surface area contributed by atoms with Crippen molar-refractivity contribution in [2.24, 2.45) is 0 Å². The van der Waals surface area contributed by atoms with Crippen molar-refractivity contribution in [2.75, 3.05) is 17.3 Å². The Bertz CT molecular complexity index is 950. The normalized spacial score (nSPS) is 11.7. The van der Waals surface area contributed by atoms with E-state index in [4.69, 9.17) is 5.73 Å². The molecule has 0 bridgehead atoms. The highest BCUT2D eigenvalue weighted by Crippen LogP contribution is 2.29. The number of nitrogen functional groups attached to an aromatic ring is 1. The van der Waals surface area contributed by atoms with Crippen LogP contribution in [0, 0.1) is 6.92 Å². The third kappa shape index (κ3) is 2.46. The number of nitrogens with two attached hydrogens (primary N) is 1. The Morgan fingerprint density at radius 1 is 1.18 bits per heavy atom. The maximum atomic E-state index is 11.9. The first-order chi connectivity index (χ1) is 10.4. The van der Waals surface area contributed by atoms with Crippen molar-refractivity contribution in [3.8, 4) is 0 Å². The molecule has 2 aromatic heterocycles. The molecule has 0 aliphatic carbocycles. The summed E-state index contributed by atoms with van der Waals surface area (Å²) < 4.78 is 24.7. The number of aromatic nitrogens is 4. The van der Waals surface area contributed by atoms with E-state index in [0.717, 1.165) is 16.0 Å². The molecular formula is C13H14N6O2S. The molecule has 9 heteroatoms. The molecule has 1 aromatic carbocycles. The summed E-state index contributed by atoms with van der Waals surface area (Å²) in [6, 6.07) is 9.23. The highest BCUT2D eigenvalue weighted by molar-refractivity contribution is 7.89. The van der Waals surface area contributed by atoms with E-state index in [0.29, 0.717) is 17.0 Å². The van der Waals surface area contributed by atoms with Gasteiger partial charge in [0.05, 0.1) is 6.26 Å². The molecule has 0 amide bonds. The predicted octanol–water partition coefficient (Wildman–Crippen LogP) is 1.27. The quantitative estimate of drug-likeness (QED) is 0.747. The molecule has 3 N–H and O–H groups in total. The summed E-state index contributed by atoms with van der Waals surface area (Å²) in [5.41, 5.74) is 6.84. The van der Waals surface area contributed by atoms with E-state index < -0.39 is 10.0 Å². The second-order valence-electron chi connectivity index (χ2n) is 4.80. The zero-order valence-electron chi connectivity index (χ0n) is 12.0. The Morgan fingerprint density at radius 3 is 2.50 bits per heavy atom. The lowest BCUT2D eigenvalue weighted by Crippen LogP contribution is -2.13. The van der Waals surface area contributed by atoms with Crippen LogP contribution in [0.1, 0.15) is 5.82 Å². The Morgan fingerprint density at radius 2 is 1.86 bits per heavy atom. The highest BCUT2D eigenvalue weighted by atomic mass is 32.2. The number of para-hydroxylation sites is 1. The first-order valence-corrected chi connectivity index (χ1v) is 8.26. The standard InChI is InChI=1S/C13H14N6O2S/c1-8-15-11(14)10-12(17-9-6-4-3-5-7-9)18-19(13(10)16-8)22(2,20)21/h3-7H,1-2H3,(H,17,18)(H2,14,15,16). The molecule has 0 atom stereocenters. The van der Waals surface area contributed by atoms with Crippen LogP contribution in [0.3, 0.4) is 0 Å². The summed E-state index contributed by atoms with van der Waals surface area (Å²) in [4.78, 5) is 8.23. The van der Waals surface area contributed by atoms with Crippen LogP contribution in [0.15, 0.2) is 30.3 Å². The predicted molar refractivity (Wildman–Crippen MR) is 84.4 cm³/mol. The van der Waals surface area contributed by atoms with Gasteiger partial charge in [0.1, 0.15) is 17.0 Å². The minimum Gasteiger partial charge on any atom is -0.383 e. The van der Waals surface area contributed by atoms with Crippen molar-refractivity contribution in [1.82, 2.24) is 19.2 Å². The van der Waals surface area contributed by atoms with Gasteiger partial charge in [0.25, 0.3) is 10.0 Å². The molecule has 0 aliphatic heterocycles. The number of hydrogen-bond donors (Lipinski definition) is 2. The lowest BCUT2D eigenvalue weighted by atomic mass is 10.3. The smallest absolute Gasteiger partial charge is 0.252 e. The van der Waals surface area contributed by atoms with Crippen LogP contribution in [-0.4, -0.2) is 33.8 Å². The molecule has 0 aliphatic rings. The fourth-order valence-electron chi connectivity index (χ4n) is 2.11. The Balaban J connectivity index is 2.27. The van der Waals surface area contributed by atoms with Crippen molar-refractivity contribution in [3.63, 3.8) is 0 Å². The number of nitrogens with one attached hydrogen (secondary N) is 1. The third-order valence-electron chi connectivity index (χ3n) is 2.99. The van der Waals surface area contributed by atoms with Gasteiger partial charge in [0.15, 0.2) is 11.5 Å². The van der Waals surface area contributed by atoms with Crippen LogP contribution in [0.2, 0.25) is 0 Å². The van der Waals surface area contributed by atoms with Gasteiger partial charge in [-0.3, -0.25) is 0 Å². The first kappa shape index (κ1) is 14.3. The van der Waals surface area contributed by atoms with Crippen molar-refractivity contribution in [1.29, 1.82) is 0 Å². The number of benzene rings is 1. The minimum absolute atomic E-state index is 0.158. The van der Waals surface area contributed by atoms with Gasteiger partial charge in [-0.1, -0.05) is 18.2 Å². The van der Waals surface area contributed by atoms with Crippen LogP contribution in [0.25, 0.3) is 11.0 Å². The average molecular weight is 318 g/mol. The van der Waals surface area contributed by atoms with Crippen LogP contribution in [-0.2, 0) is 10.0 Å².